The molecule has 0 spiro atoms. The van der Waals surface area contributed by atoms with Crippen LogP contribution in [-0.2, 0) is 10.0 Å². The summed E-state index contributed by atoms with van der Waals surface area (Å²) in [4.78, 5) is 0. The van der Waals surface area contributed by atoms with Crippen molar-refractivity contribution in [1.29, 1.82) is 0 Å². The van der Waals surface area contributed by atoms with Crippen molar-refractivity contribution >= 4 is 31.6 Å². The number of nitrogens with one attached hydrogen (secondary N) is 1. The molecule has 0 saturated heterocycles. The summed E-state index contributed by atoms with van der Waals surface area (Å²) in [6.45, 7) is 0.386. The highest BCUT2D eigenvalue weighted by molar-refractivity contribution is 9.10. The third-order valence-electron chi connectivity index (χ3n) is 2.14. The monoisotopic (exact) mass is 342 g/mol. The van der Waals surface area contributed by atoms with Crippen LogP contribution in [0.1, 0.15) is 12.8 Å². The summed E-state index contributed by atoms with van der Waals surface area (Å²) in [5.74, 6) is -1.76. The summed E-state index contributed by atoms with van der Waals surface area (Å²) >= 11 is 2.80. The van der Waals surface area contributed by atoms with Gasteiger partial charge in [-0.2, -0.15) is 0 Å². The molecule has 0 aromatic heterocycles. The molecule has 0 aliphatic rings. The second-order valence-corrected chi connectivity index (χ2v) is 6.36. The minimum atomic E-state index is -3.69. The van der Waals surface area contributed by atoms with E-state index in [-0.39, 0.29) is 10.2 Å². The number of nitrogens with two attached hydrogens (primary N) is 1. The first-order valence-corrected chi connectivity index (χ1v) is 7.65. The van der Waals surface area contributed by atoms with Crippen molar-refractivity contribution in [2.75, 3.05) is 17.0 Å². The van der Waals surface area contributed by atoms with Crippen LogP contribution in [0.3, 0.4) is 0 Å². The van der Waals surface area contributed by atoms with Crippen molar-refractivity contribution in [3.63, 3.8) is 0 Å². The van der Waals surface area contributed by atoms with Crippen LogP contribution in [0.2, 0.25) is 0 Å². The molecule has 0 aliphatic carbocycles. The quantitative estimate of drug-likeness (QED) is 0.614. The highest BCUT2D eigenvalue weighted by atomic mass is 79.9. The molecule has 0 aliphatic heterocycles. The predicted octanol–water partition coefficient (Wildman–Crippen LogP) is 2.21. The molecule has 1 aromatic carbocycles. The predicted molar refractivity (Wildman–Crippen MR) is 69.8 cm³/mol. The minimum Gasteiger partial charge on any atom is -0.330 e. The second kappa shape index (κ2) is 6.44. The molecule has 0 radical (unpaired) electrons. The lowest BCUT2D eigenvalue weighted by Crippen LogP contribution is -2.18. The fourth-order valence-electron chi connectivity index (χ4n) is 1.26. The van der Waals surface area contributed by atoms with Gasteiger partial charge in [0.05, 0.1) is 15.9 Å². The first-order valence-electron chi connectivity index (χ1n) is 5.21. The average molecular weight is 343 g/mol. The fraction of sp³-hybridized carbons (Fsp3) is 0.400. The Balaban J connectivity index is 2.81. The molecule has 0 bridgehead atoms. The number of benzene rings is 1. The van der Waals surface area contributed by atoms with Gasteiger partial charge in [-0.05, 0) is 41.4 Å². The molecule has 1 aromatic rings. The van der Waals surface area contributed by atoms with E-state index in [4.69, 9.17) is 5.73 Å². The van der Waals surface area contributed by atoms with E-state index >= 15 is 0 Å². The maximum absolute atomic E-state index is 13.4. The largest absolute Gasteiger partial charge is 0.330 e. The zero-order chi connectivity index (χ0) is 13.8. The van der Waals surface area contributed by atoms with E-state index < -0.39 is 27.3 Å². The van der Waals surface area contributed by atoms with Crippen LogP contribution in [0.15, 0.2) is 16.6 Å². The fourth-order valence-corrected chi connectivity index (χ4v) is 2.75. The Morgan fingerprint density at radius 1 is 1.22 bits per heavy atom. The lowest BCUT2D eigenvalue weighted by molar-refractivity contribution is 0.589. The first-order chi connectivity index (χ1) is 8.35. The molecule has 1 rings (SSSR count). The van der Waals surface area contributed by atoms with Gasteiger partial charge in [0.25, 0.3) is 0 Å². The summed E-state index contributed by atoms with van der Waals surface area (Å²) in [7, 11) is -3.69. The normalized spacial score (nSPS) is 11.6. The smallest absolute Gasteiger partial charge is 0.232 e. The van der Waals surface area contributed by atoms with E-state index in [1.54, 1.807) is 0 Å². The van der Waals surface area contributed by atoms with Gasteiger partial charge in [0.15, 0.2) is 0 Å². The van der Waals surface area contributed by atoms with E-state index in [2.05, 4.69) is 15.9 Å². The maximum Gasteiger partial charge on any atom is 0.232 e. The highest BCUT2D eigenvalue weighted by Gasteiger charge is 2.15. The Morgan fingerprint density at radius 2 is 1.89 bits per heavy atom. The van der Waals surface area contributed by atoms with Crippen molar-refractivity contribution in [1.82, 2.24) is 0 Å². The Hall–Kier alpha value is -0.730. The van der Waals surface area contributed by atoms with Crippen LogP contribution >= 0.6 is 15.9 Å². The van der Waals surface area contributed by atoms with Gasteiger partial charge in [0.2, 0.25) is 10.0 Å². The molecule has 4 nitrogen and oxygen atoms in total. The van der Waals surface area contributed by atoms with Crippen molar-refractivity contribution in [3.8, 4) is 0 Å². The Bertz CT molecular complexity index is 523. The second-order valence-electron chi connectivity index (χ2n) is 3.66. The molecule has 102 valence electrons. The molecule has 18 heavy (non-hydrogen) atoms. The molecule has 0 atom stereocenters. The highest BCUT2D eigenvalue weighted by Crippen LogP contribution is 2.24. The van der Waals surface area contributed by atoms with Crippen molar-refractivity contribution < 1.29 is 17.2 Å². The van der Waals surface area contributed by atoms with Gasteiger partial charge in [-0.15, -0.1) is 0 Å². The van der Waals surface area contributed by atoms with Gasteiger partial charge in [-0.25, -0.2) is 17.2 Å². The van der Waals surface area contributed by atoms with Gasteiger partial charge in [-0.3, -0.25) is 4.72 Å². The van der Waals surface area contributed by atoms with Crippen molar-refractivity contribution in [2.24, 2.45) is 5.73 Å². The molecule has 8 heteroatoms. The minimum absolute atomic E-state index is 0.0638. The SMILES string of the molecule is NCCCCS(=O)(=O)Nc1cc(F)c(Br)cc1F. The van der Waals surface area contributed by atoms with Crippen molar-refractivity contribution in [3.05, 3.63) is 28.2 Å². The van der Waals surface area contributed by atoms with E-state index in [1.807, 2.05) is 4.72 Å². The molecule has 0 heterocycles. The van der Waals surface area contributed by atoms with Crippen LogP contribution in [-0.4, -0.2) is 20.7 Å². The lowest BCUT2D eigenvalue weighted by Gasteiger charge is -2.09. The Kier molecular flexibility index (Phi) is 5.48. The van der Waals surface area contributed by atoms with E-state index in [1.165, 1.54) is 0 Å². The first kappa shape index (κ1) is 15.3. The molecule has 0 fully saturated rings. The molecule has 3 N–H and O–H groups in total. The van der Waals surface area contributed by atoms with E-state index in [0.717, 1.165) is 12.1 Å². The van der Waals surface area contributed by atoms with Gasteiger partial charge in [0, 0.05) is 6.07 Å². The lowest BCUT2D eigenvalue weighted by atomic mass is 10.3. The van der Waals surface area contributed by atoms with Crippen LogP contribution in [0, 0.1) is 11.6 Å². The van der Waals surface area contributed by atoms with E-state index in [9.17, 15) is 17.2 Å². The maximum atomic E-state index is 13.4. The average Bonchev–Trinajstić information content (AvgIpc) is 2.26. The van der Waals surface area contributed by atoms with Crippen molar-refractivity contribution in [2.45, 2.75) is 12.8 Å². The Labute approximate surface area is 113 Å². The number of halogens is 3. The molecule has 0 saturated carbocycles. The molecule has 0 unspecified atom stereocenters. The van der Waals surface area contributed by atoms with Gasteiger partial charge >= 0.3 is 0 Å². The molecule has 0 amide bonds. The van der Waals surface area contributed by atoms with Crippen LogP contribution < -0.4 is 10.5 Å². The third kappa shape index (κ3) is 4.51. The number of rotatable bonds is 6. The Morgan fingerprint density at radius 3 is 2.50 bits per heavy atom. The zero-order valence-corrected chi connectivity index (χ0v) is 11.8. The van der Waals surface area contributed by atoms with Gasteiger partial charge < -0.3 is 5.73 Å². The number of anilines is 1. The molecular formula is C10H13BrF2N2O2S. The topological polar surface area (TPSA) is 72.2 Å². The summed E-state index contributed by atoms with van der Waals surface area (Å²) in [6.07, 6.45) is 0.921. The van der Waals surface area contributed by atoms with E-state index in [0.29, 0.717) is 19.4 Å². The summed E-state index contributed by atoms with van der Waals surface area (Å²) in [5, 5.41) is 0. The molecular weight excluding hydrogens is 330 g/mol. The number of hydrogen-bond acceptors (Lipinski definition) is 3. The standard InChI is InChI=1S/C10H13BrF2N2O2S/c11-7-5-9(13)10(6-8(7)12)15-18(16,17)4-2-1-3-14/h5-6,15H,1-4,14H2. The summed E-state index contributed by atoms with van der Waals surface area (Å²) in [6, 6.07) is 1.66. The number of sulfonamides is 1. The zero-order valence-electron chi connectivity index (χ0n) is 9.42. The van der Waals surface area contributed by atoms with Gasteiger partial charge in [-0.1, -0.05) is 0 Å². The van der Waals surface area contributed by atoms with Crippen LogP contribution in [0.25, 0.3) is 0 Å². The van der Waals surface area contributed by atoms with Gasteiger partial charge in [0.1, 0.15) is 11.6 Å². The van der Waals surface area contributed by atoms with Crippen LogP contribution in [0.4, 0.5) is 14.5 Å². The summed E-state index contributed by atoms with van der Waals surface area (Å²) in [5.41, 5.74) is 4.84. The number of unbranched alkanes of at least 4 members (excludes halogenated alkanes) is 1. The summed E-state index contributed by atoms with van der Waals surface area (Å²) < 4.78 is 51.7. The van der Waals surface area contributed by atoms with Crippen LogP contribution in [0.5, 0.6) is 0 Å². The third-order valence-corrected chi connectivity index (χ3v) is 4.11. The number of hydrogen-bond donors (Lipinski definition) is 2.